The van der Waals surface area contributed by atoms with Crippen molar-refractivity contribution >= 4 is 17.2 Å². The van der Waals surface area contributed by atoms with E-state index in [9.17, 15) is 4.79 Å². The fourth-order valence-electron chi connectivity index (χ4n) is 3.37. The molecule has 0 aliphatic heterocycles. The van der Waals surface area contributed by atoms with Crippen molar-refractivity contribution in [2.24, 2.45) is 0 Å². The summed E-state index contributed by atoms with van der Waals surface area (Å²) in [6.45, 7) is 4.52. The van der Waals surface area contributed by atoms with E-state index in [-0.39, 0.29) is 11.9 Å². The number of ether oxygens (including phenoxy) is 1. The number of rotatable bonds is 8. The average Bonchev–Trinajstić information content (AvgIpc) is 3.24. The molecule has 7 nitrogen and oxygen atoms in total. The number of hydrogen-bond acceptors (Lipinski definition) is 6. The van der Waals surface area contributed by atoms with Gasteiger partial charge in [0.05, 0.1) is 40.7 Å². The second-order valence-corrected chi connectivity index (χ2v) is 8.29. The van der Waals surface area contributed by atoms with Crippen molar-refractivity contribution in [3.63, 3.8) is 0 Å². The Labute approximate surface area is 174 Å². The molecule has 3 aromatic heterocycles. The topological polar surface area (TPSA) is 81.9 Å². The van der Waals surface area contributed by atoms with Gasteiger partial charge in [-0.2, -0.15) is 5.10 Å². The van der Waals surface area contributed by atoms with Crippen LogP contribution in [0.2, 0.25) is 0 Å². The van der Waals surface area contributed by atoms with Crippen LogP contribution in [0.4, 0.5) is 0 Å². The first kappa shape index (κ1) is 19.7. The molecule has 3 heterocycles. The molecule has 1 saturated carbocycles. The van der Waals surface area contributed by atoms with Crippen LogP contribution in [0.25, 0.3) is 16.5 Å². The lowest BCUT2D eigenvalue weighted by Crippen LogP contribution is -2.37. The van der Waals surface area contributed by atoms with Crippen molar-refractivity contribution < 1.29 is 9.53 Å². The molecular weight excluding hydrogens is 386 g/mol. The summed E-state index contributed by atoms with van der Waals surface area (Å²) in [5, 5.41) is 9.60. The highest BCUT2D eigenvalue weighted by atomic mass is 32.1. The van der Waals surface area contributed by atoms with Crippen LogP contribution in [-0.4, -0.2) is 45.4 Å². The summed E-state index contributed by atoms with van der Waals surface area (Å²) in [4.78, 5) is 23.3. The Kier molecular flexibility index (Phi) is 5.73. The van der Waals surface area contributed by atoms with E-state index < -0.39 is 0 Å². The van der Waals surface area contributed by atoms with Gasteiger partial charge in [0.2, 0.25) is 0 Å². The lowest BCUT2D eigenvalue weighted by atomic mass is 10.1. The van der Waals surface area contributed by atoms with Crippen molar-refractivity contribution in [3.05, 3.63) is 46.7 Å². The number of hydrogen-bond donors (Lipinski definition) is 1. The van der Waals surface area contributed by atoms with Crippen LogP contribution in [0.5, 0.6) is 0 Å². The molecule has 1 unspecified atom stereocenters. The molecule has 152 valence electrons. The van der Waals surface area contributed by atoms with Crippen LogP contribution in [-0.2, 0) is 4.74 Å². The van der Waals surface area contributed by atoms with E-state index in [1.807, 2.05) is 37.6 Å². The molecule has 0 bridgehead atoms. The van der Waals surface area contributed by atoms with Gasteiger partial charge in [-0.05, 0) is 43.2 Å². The Morgan fingerprint density at radius 3 is 2.90 bits per heavy atom. The normalized spacial score (nSPS) is 14.7. The molecule has 1 aliphatic carbocycles. The third-order valence-electron chi connectivity index (χ3n) is 5.11. The monoisotopic (exact) mass is 411 g/mol. The average molecular weight is 412 g/mol. The third-order valence-corrected chi connectivity index (χ3v) is 5.99. The molecule has 1 atom stereocenters. The van der Waals surface area contributed by atoms with Gasteiger partial charge < -0.3 is 10.1 Å². The van der Waals surface area contributed by atoms with Crippen molar-refractivity contribution in [1.29, 1.82) is 0 Å². The van der Waals surface area contributed by atoms with E-state index in [0.29, 0.717) is 24.0 Å². The molecular formula is C21H25N5O2S. The molecule has 4 rings (SSSR count). The first-order valence-corrected chi connectivity index (χ1v) is 10.8. The lowest BCUT2D eigenvalue weighted by Gasteiger charge is -2.16. The minimum atomic E-state index is -0.118. The van der Waals surface area contributed by atoms with E-state index in [0.717, 1.165) is 41.1 Å². The molecule has 0 spiro atoms. The number of nitrogens with zero attached hydrogens (tertiary/aromatic N) is 4. The number of amides is 1. The zero-order valence-corrected chi connectivity index (χ0v) is 17.7. The van der Waals surface area contributed by atoms with Gasteiger partial charge in [0.15, 0.2) is 0 Å². The fraction of sp³-hybridized carbons (Fsp3) is 0.429. The van der Waals surface area contributed by atoms with Crippen LogP contribution < -0.4 is 5.32 Å². The van der Waals surface area contributed by atoms with Gasteiger partial charge in [-0.15, -0.1) is 11.3 Å². The number of thiophene rings is 1. The summed E-state index contributed by atoms with van der Waals surface area (Å²) in [5.41, 5.74) is 3.42. The Bertz CT molecular complexity index is 995. The van der Waals surface area contributed by atoms with Gasteiger partial charge in [0.1, 0.15) is 0 Å². The standard InChI is InChI=1S/C21H25N5O2S/c1-4-15(12-28-3)24-20(27)16-11-23-26(19(16)14-7-8-14)21-22-10-13(2)18(25-21)17-6-5-9-29-17/h5-6,9-11,14-15H,4,7-8,12H2,1-3H3,(H,24,27). The minimum Gasteiger partial charge on any atom is -0.383 e. The number of carbonyl (C=O) groups excluding carboxylic acids is 1. The minimum absolute atomic E-state index is 0.0241. The van der Waals surface area contributed by atoms with Crippen molar-refractivity contribution in [2.45, 2.75) is 45.1 Å². The summed E-state index contributed by atoms with van der Waals surface area (Å²) in [7, 11) is 1.64. The van der Waals surface area contributed by atoms with E-state index in [4.69, 9.17) is 9.72 Å². The number of aryl methyl sites for hydroxylation is 1. The van der Waals surface area contributed by atoms with Crippen molar-refractivity contribution in [2.75, 3.05) is 13.7 Å². The zero-order valence-electron chi connectivity index (χ0n) is 16.9. The van der Waals surface area contributed by atoms with Crippen LogP contribution in [0.1, 0.15) is 53.7 Å². The van der Waals surface area contributed by atoms with Gasteiger partial charge in [-0.25, -0.2) is 14.6 Å². The summed E-state index contributed by atoms with van der Waals surface area (Å²) in [6.07, 6.45) is 6.35. The molecule has 0 aromatic carbocycles. The van der Waals surface area contributed by atoms with Gasteiger partial charge in [-0.3, -0.25) is 4.79 Å². The maximum atomic E-state index is 12.9. The predicted molar refractivity (Wildman–Crippen MR) is 113 cm³/mol. The van der Waals surface area contributed by atoms with Crippen molar-refractivity contribution in [1.82, 2.24) is 25.1 Å². The maximum absolute atomic E-state index is 12.9. The van der Waals surface area contributed by atoms with E-state index in [2.05, 4.69) is 15.4 Å². The molecule has 1 N–H and O–H groups in total. The SMILES string of the molecule is CCC(COC)NC(=O)c1cnn(-c2ncc(C)c(-c3cccs3)n2)c1C1CC1. The van der Waals surface area contributed by atoms with Crippen LogP contribution in [0.3, 0.4) is 0 Å². The number of aromatic nitrogens is 4. The molecule has 0 saturated heterocycles. The Balaban J connectivity index is 1.69. The third kappa shape index (κ3) is 4.09. The Morgan fingerprint density at radius 1 is 1.41 bits per heavy atom. The van der Waals surface area contributed by atoms with Crippen LogP contribution >= 0.6 is 11.3 Å². The molecule has 0 radical (unpaired) electrons. The highest BCUT2D eigenvalue weighted by Crippen LogP contribution is 2.42. The van der Waals surface area contributed by atoms with Crippen molar-refractivity contribution in [3.8, 4) is 16.5 Å². The second kappa shape index (κ2) is 8.42. The smallest absolute Gasteiger partial charge is 0.255 e. The predicted octanol–water partition coefficient (Wildman–Crippen LogP) is 3.73. The van der Waals surface area contributed by atoms with E-state index in [1.165, 1.54) is 0 Å². The number of methoxy groups -OCH3 is 1. The first-order chi connectivity index (χ1) is 14.1. The first-order valence-electron chi connectivity index (χ1n) is 9.88. The number of carbonyl (C=O) groups is 1. The number of nitrogens with one attached hydrogen (secondary N) is 1. The largest absolute Gasteiger partial charge is 0.383 e. The van der Waals surface area contributed by atoms with Gasteiger partial charge in [0.25, 0.3) is 11.9 Å². The molecule has 1 amide bonds. The summed E-state index contributed by atoms with van der Waals surface area (Å²) >= 11 is 1.65. The van der Waals surface area contributed by atoms with E-state index in [1.54, 1.807) is 29.3 Å². The zero-order chi connectivity index (χ0) is 20.4. The highest BCUT2D eigenvalue weighted by molar-refractivity contribution is 7.13. The second-order valence-electron chi connectivity index (χ2n) is 7.34. The van der Waals surface area contributed by atoms with E-state index >= 15 is 0 Å². The maximum Gasteiger partial charge on any atom is 0.255 e. The highest BCUT2D eigenvalue weighted by Gasteiger charge is 2.34. The summed E-state index contributed by atoms with van der Waals surface area (Å²) in [6, 6.07) is 4.04. The molecule has 8 heteroatoms. The van der Waals surface area contributed by atoms with Crippen LogP contribution in [0, 0.1) is 6.92 Å². The quantitative estimate of drug-likeness (QED) is 0.611. The van der Waals surface area contributed by atoms with Gasteiger partial charge >= 0.3 is 0 Å². The summed E-state index contributed by atoms with van der Waals surface area (Å²) in [5.74, 6) is 0.701. The Hall–Kier alpha value is -2.58. The van der Waals surface area contributed by atoms with Gasteiger partial charge in [-0.1, -0.05) is 13.0 Å². The lowest BCUT2D eigenvalue weighted by molar-refractivity contribution is 0.0893. The molecule has 1 aliphatic rings. The molecule has 3 aromatic rings. The molecule has 29 heavy (non-hydrogen) atoms. The van der Waals surface area contributed by atoms with Gasteiger partial charge in [0, 0.05) is 19.2 Å². The summed E-state index contributed by atoms with van der Waals surface area (Å²) < 4.78 is 6.94. The van der Waals surface area contributed by atoms with Crippen LogP contribution in [0.15, 0.2) is 29.9 Å². The molecule has 1 fully saturated rings. The fourth-order valence-corrected chi connectivity index (χ4v) is 4.14. The Morgan fingerprint density at radius 2 is 2.24 bits per heavy atom.